The molecule has 0 aromatic heterocycles. The predicted molar refractivity (Wildman–Crippen MR) is 79.1 cm³/mol. The molecule has 1 aromatic rings. The highest BCUT2D eigenvalue weighted by Crippen LogP contribution is 2.43. The van der Waals surface area contributed by atoms with E-state index < -0.39 is 32.9 Å². The quantitative estimate of drug-likeness (QED) is 0.869. The predicted octanol–water partition coefficient (Wildman–Crippen LogP) is 1.40. The van der Waals surface area contributed by atoms with Crippen LogP contribution in [0, 0.1) is 0 Å². The fourth-order valence-electron chi connectivity index (χ4n) is 2.74. The molecular formula is C14H19ClO5S. The van der Waals surface area contributed by atoms with Gasteiger partial charge in [-0.15, -0.1) is 0 Å². The van der Waals surface area contributed by atoms with Crippen LogP contribution in [0.5, 0.6) is 0 Å². The summed E-state index contributed by atoms with van der Waals surface area (Å²) in [5.74, 6) is 0. The molecule has 0 unspecified atom stereocenters. The van der Waals surface area contributed by atoms with Gasteiger partial charge in [0.1, 0.15) is 5.60 Å². The highest BCUT2D eigenvalue weighted by Gasteiger charge is 2.56. The van der Waals surface area contributed by atoms with Crippen LogP contribution in [0.15, 0.2) is 29.2 Å². The van der Waals surface area contributed by atoms with Crippen molar-refractivity contribution in [1.82, 2.24) is 0 Å². The Morgan fingerprint density at radius 2 is 1.81 bits per heavy atom. The molecule has 1 fully saturated rings. The molecule has 7 heteroatoms. The van der Waals surface area contributed by atoms with Crippen LogP contribution in [0.4, 0.5) is 0 Å². The van der Waals surface area contributed by atoms with Crippen molar-refractivity contribution in [3.05, 3.63) is 29.3 Å². The lowest BCUT2D eigenvalue weighted by Gasteiger charge is -2.29. The van der Waals surface area contributed by atoms with E-state index in [9.17, 15) is 18.6 Å². The topological polar surface area (TPSA) is 83.8 Å². The van der Waals surface area contributed by atoms with E-state index in [1.807, 2.05) is 0 Å². The van der Waals surface area contributed by atoms with Crippen molar-refractivity contribution < 1.29 is 23.4 Å². The summed E-state index contributed by atoms with van der Waals surface area (Å²) in [4.78, 5) is 0.127. The first-order valence-corrected chi connectivity index (χ1v) is 8.51. The SMILES string of the molecule is C[C@]1(CO)C[C@@H](S(=O)(=O)c2ccc(Cl)cc2)[C@@](C)(CO)O1. The number of benzene rings is 1. The van der Waals surface area contributed by atoms with Gasteiger partial charge in [0, 0.05) is 5.02 Å². The summed E-state index contributed by atoms with van der Waals surface area (Å²) in [6, 6.07) is 5.88. The van der Waals surface area contributed by atoms with Crippen LogP contribution in [0.3, 0.4) is 0 Å². The van der Waals surface area contributed by atoms with E-state index >= 15 is 0 Å². The maximum atomic E-state index is 12.8. The summed E-state index contributed by atoms with van der Waals surface area (Å²) in [6.45, 7) is 2.43. The molecule has 0 saturated carbocycles. The summed E-state index contributed by atoms with van der Waals surface area (Å²) in [6.07, 6.45) is 0.117. The molecule has 5 nitrogen and oxygen atoms in total. The highest BCUT2D eigenvalue weighted by atomic mass is 35.5. The maximum Gasteiger partial charge on any atom is 0.184 e. The maximum absolute atomic E-state index is 12.8. The molecule has 118 valence electrons. The Morgan fingerprint density at radius 3 is 2.29 bits per heavy atom. The van der Waals surface area contributed by atoms with Gasteiger partial charge in [0.15, 0.2) is 9.84 Å². The molecule has 21 heavy (non-hydrogen) atoms. The Bertz CT molecular complexity index is 615. The van der Waals surface area contributed by atoms with Gasteiger partial charge in [-0.05, 0) is 44.5 Å². The largest absolute Gasteiger partial charge is 0.393 e. The molecule has 1 aliphatic heterocycles. The van der Waals surface area contributed by atoms with E-state index in [1.54, 1.807) is 13.8 Å². The Balaban J connectivity index is 2.45. The van der Waals surface area contributed by atoms with E-state index in [1.165, 1.54) is 24.3 Å². The molecule has 0 bridgehead atoms. The molecular weight excluding hydrogens is 316 g/mol. The highest BCUT2D eigenvalue weighted by molar-refractivity contribution is 7.92. The van der Waals surface area contributed by atoms with E-state index in [-0.39, 0.29) is 17.9 Å². The van der Waals surface area contributed by atoms with E-state index in [0.717, 1.165) is 0 Å². The Kier molecular flexibility index (Phi) is 4.39. The van der Waals surface area contributed by atoms with Gasteiger partial charge >= 0.3 is 0 Å². The number of halogens is 1. The lowest BCUT2D eigenvalue weighted by molar-refractivity contribution is -0.124. The summed E-state index contributed by atoms with van der Waals surface area (Å²) in [7, 11) is -3.71. The number of aliphatic hydroxyl groups excluding tert-OH is 2. The fraction of sp³-hybridized carbons (Fsp3) is 0.571. The van der Waals surface area contributed by atoms with Crippen LogP contribution >= 0.6 is 11.6 Å². The van der Waals surface area contributed by atoms with Crippen molar-refractivity contribution in [2.75, 3.05) is 13.2 Å². The molecule has 2 rings (SSSR count). The number of ether oxygens (including phenoxy) is 1. The fourth-order valence-corrected chi connectivity index (χ4v) is 5.06. The smallest absolute Gasteiger partial charge is 0.184 e. The Labute approximate surface area is 129 Å². The summed E-state index contributed by atoms with van der Waals surface area (Å²) in [5.41, 5.74) is -2.24. The van der Waals surface area contributed by atoms with Crippen molar-refractivity contribution in [3.63, 3.8) is 0 Å². The zero-order valence-electron chi connectivity index (χ0n) is 11.9. The third-order valence-corrected chi connectivity index (χ3v) is 6.54. The number of hydrogen-bond acceptors (Lipinski definition) is 5. The van der Waals surface area contributed by atoms with Crippen molar-refractivity contribution in [2.45, 2.75) is 41.6 Å². The average Bonchev–Trinajstić information content (AvgIpc) is 2.73. The molecule has 0 amide bonds. The normalized spacial score (nSPS) is 33.3. The van der Waals surface area contributed by atoms with Gasteiger partial charge in [-0.2, -0.15) is 0 Å². The minimum Gasteiger partial charge on any atom is -0.393 e. The molecule has 1 aromatic carbocycles. The van der Waals surface area contributed by atoms with Crippen LogP contribution in [0.1, 0.15) is 20.3 Å². The molecule has 1 heterocycles. The van der Waals surface area contributed by atoms with Gasteiger partial charge in [0.05, 0.1) is 29.0 Å². The number of hydrogen-bond donors (Lipinski definition) is 2. The molecule has 1 aliphatic rings. The second-order valence-electron chi connectivity index (χ2n) is 5.87. The van der Waals surface area contributed by atoms with E-state index in [4.69, 9.17) is 16.3 Å². The minimum absolute atomic E-state index is 0.117. The first-order valence-electron chi connectivity index (χ1n) is 6.58. The molecule has 1 saturated heterocycles. The van der Waals surface area contributed by atoms with Gasteiger partial charge in [-0.3, -0.25) is 0 Å². The van der Waals surface area contributed by atoms with Gasteiger partial charge in [-0.1, -0.05) is 11.6 Å². The summed E-state index contributed by atoms with van der Waals surface area (Å²) < 4.78 is 31.3. The zero-order chi connectivity index (χ0) is 15.9. The average molecular weight is 335 g/mol. The second-order valence-corrected chi connectivity index (χ2v) is 8.44. The van der Waals surface area contributed by atoms with Crippen LogP contribution in [0.25, 0.3) is 0 Å². The molecule has 2 N–H and O–H groups in total. The van der Waals surface area contributed by atoms with Crippen molar-refractivity contribution >= 4 is 21.4 Å². The Hall–Kier alpha value is -0.660. The molecule has 0 radical (unpaired) electrons. The first-order chi connectivity index (χ1) is 9.67. The van der Waals surface area contributed by atoms with Crippen LogP contribution in [-0.2, 0) is 14.6 Å². The van der Waals surface area contributed by atoms with Gasteiger partial charge in [0.25, 0.3) is 0 Å². The third kappa shape index (κ3) is 2.96. The van der Waals surface area contributed by atoms with Gasteiger partial charge in [0.2, 0.25) is 0 Å². The number of sulfone groups is 1. The summed E-state index contributed by atoms with van der Waals surface area (Å²) >= 11 is 5.78. The van der Waals surface area contributed by atoms with Crippen LogP contribution in [0.2, 0.25) is 5.02 Å². The number of aliphatic hydroxyl groups is 2. The monoisotopic (exact) mass is 334 g/mol. The standard InChI is InChI=1S/C14H19ClO5S/c1-13(8-16)7-12(14(2,9-17)20-13)21(18,19)11-5-3-10(15)4-6-11/h3-6,12,16-17H,7-9H2,1-2H3/t12-,13-,14-/m1/s1. The van der Waals surface area contributed by atoms with Gasteiger partial charge in [-0.25, -0.2) is 8.42 Å². The van der Waals surface area contributed by atoms with Crippen molar-refractivity contribution in [3.8, 4) is 0 Å². The third-order valence-electron chi connectivity index (χ3n) is 3.94. The zero-order valence-corrected chi connectivity index (χ0v) is 13.5. The summed E-state index contributed by atoms with van der Waals surface area (Å²) in [5, 5.41) is 18.5. The van der Waals surface area contributed by atoms with E-state index in [0.29, 0.717) is 5.02 Å². The first kappa shape index (κ1) is 16.7. The van der Waals surface area contributed by atoms with Crippen LogP contribution < -0.4 is 0 Å². The minimum atomic E-state index is -3.71. The lowest BCUT2D eigenvalue weighted by Crippen LogP contribution is -2.44. The van der Waals surface area contributed by atoms with Gasteiger partial charge < -0.3 is 14.9 Å². The lowest BCUT2D eigenvalue weighted by atomic mass is 9.98. The molecule has 0 spiro atoms. The molecule has 3 atom stereocenters. The Morgan fingerprint density at radius 1 is 1.24 bits per heavy atom. The van der Waals surface area contributed by atoms with Crippen molar-refractivity contribution in [2.24, 2.45) is 0 Å². The van der Waals surface area contributed by atoms with Crippen LogP contribution in [-0.4, -0.2) is 48.3 Å². The van der Waals surface area contributed by atoms with E-state index in [2.05, 4.69) is 0 Å². The second kappa shape index (κ2) is 5.52. The number of rotatable bonds is 4. The van der Waals surface area contributed by atoms with Crippen molar-refractivity contribution in [1.29, 1.82) is 0 Å². The molecule has 0 aliphatic carbocycles.